The zero-order valence-electron chi connectivity index (χ0n) is 10.9. The van der Waals surface area contributed by atoms with Gasteiger partial charge in [-0.25, -0.2) is 0 Å². The molecule has 0 spiro atoms. The SMILES string of the molecule is CCC(OC)C(NC)c1cc2cc(Cl)ccc2o1. The minimum atomic E-state index is 0.0474. The fourth-order valence-electron chi connectivity index (χ4n) is 2.24. The molecule has 1 heterocycles. The Labute approximate surface area is 112 Å². The molecule has 2 atom stereocenters. The van der Waals surface area contributed by atoms with Crippen LogP contribution in [0.25, 0.3) is 11.0 Å². The predicted molar refractivity (Wildman–Crippen MR) is 74.1 cm³/mol. The van der Waals surface area contributed by atoms with Crippen LogP contribution in [-0.4, -0.2) is 20.3 Å². The van der Waals surface area contributed by atoms with Crippen molar-refractivity contribution >= 4 is 22.6 Å². The Balaban J connectivity index is 2.39. The van der Waals surface area contributed by atoms with Gasteiger partial charge in [-0.3, -0.25) is 0 Å². The molecule has 2 rings (SSSR count). The number of hydrogen-bond donors (Lipinski definition) is 1. The number of fused-ring (bicyclic) bond motifs is 1. The van der Waals surface area contributed by atoms with E-state index < -0.39 is 0 Å². The summed E-state index contributed by atoms with van der Waals surface area (Å²) in [4.78, 5) is 0. The van der Waals surface area contributed by atoms with Crippen LogP contribution in [0.1, 0.15) is 25.1 Å². The second-order valence-electron chi connectivity index (χ2n) is 4.28. The van der Waals surface area contributed by atoms with E-state index in [2.05, 4.69) is 12.2 Å². The van der Waals surface area contributed by atoms with E-state index >= 15 is 0 Å². The molecule has 0 aliphatic carbocycles. The molecular weight excluding hydrogens is 250 g/mol. The summed E-state index contributed by atoms with van der Waals surface area (Å²) in [6, 6.07) is 7.70. The zero-order chi connectivity index (χ0) is 13.1. The first kappa shape index (κ1) is 13.4. The second kappa shape index (κ2) is 5.74. The number of furan rings is 1. The van der Waals surface area contributed by atoms with Crippen LogP contribution in [-0.2, 0) is 4.74 Å². The van der Waals surface area contributed by atoms with Crippen LogP contribution in [0.2, 0.25) is 5.02 Å². The smallest absolute Gasteiger partial charge is 0.134 e. The molecule has 18 heavy (non-hydrogen) atoms. The fraction of sp³-hybridized carbons (Fsp3) is 0.429. The van der Waals surface area contributed by atoms with E-state index in [9.17, 15) is 0 Å². The average Bonchev–Trinajstić information content (AvgIpc) is 2.78. The molecule has 0 radical (unpaired) electrons. The number of halogens is 1. The van der Waals surface area contributed by atoms with Crippen molar-refractivity contribution in [1.82, 2.24) is 5.32 Å². The minimum Gasteiger partial charge on any atom is -0.459 e. The summed E-state index contributed by atoms with van der Waals surface area (Å²) >= 11 is 5.98. The van der Waals surface area contributed by atoms with E-state index in [1.165, 1.54) is 0 Å². The Bertz CT molecular complexity index is 519. The van der Waals surface area contributed by atoms with Crippen LogP contribution < -0.4 is 5.32 Å². The zero-order valence-corrected chi connectivity index (χ0v) is 11.6. The summed E-state index contributed by atoms with van der Waals surface area (Å²) in [6.07, 6.45) is 1.01. The molecular formula is C14H18ClNO2. The molecule has 0 aliphatic rings. The van der Waals surface area contributed by atoms with Crippen molar-refractivity contribution in [2.24, 2.45) is 0 Å². The summed E-state index contributed by atoms with van der Waals surface area (Å²) in [5.74, 6) is 0.878. The quantitative estimate of drug-likeness (QED) is 0.895. The Morgan fingerprint density at radius 2 is 2.17 bits per heavy atom. The molecule has 0 saturated carbocycles. The van der Waals surface area contributed by atoms with E-state index in [-0.39, 0.29) is 12.1 Å². The van der Waals surface area contributed by atoms with Gasteiger partial charge < -0.3 is 14.5 Å². The van der Waals surface area contributed by atoms with Gasteiger partial charge in [-0.2, -0.15) is 0 Å². The van der Waals surface area contributed by atoms with Crippen LogP contribution in [0, 0.1) is 0 Å². The normalized spacial score (nSPS) is 14.9. The van der Waals surface area contributed by atoms with Crippen molar-refractivity contribution in [3.8, 4) is 0 Å². The lowest BCUT2D eigenvalue weighted by Gasteiger charge is -2.22. The first-order valence-corrected chi connectivity index (χ1v) is 6.46. The number of hydrogen-bond acceptors (Lipinski definition) is 3. The maximum absolute atomic E-state index is 5.98. The molecule has 0 amide bonds. The number of rotatable bonds is 5. The predicted octanol–water partition coefficient (Wildman–Crippen LogP) is 3.77. The Morgan fingerprint density at radius 3 is 2.78 bits per heavy atom. The van der Waals surface area contributed by atoms with E-state index in [1.807, 2.05) is 31.3 Å². The Morgan fingerprint density at radius 1 is 1.39 bits per heavy atom. The van der Waals surface area contributed by atoms with Gasteiger partial charge in [0.25, 0.3) is 0 Å². The number of likely N-dealkylation sites (N-methyl/N-ethyl adjacent to an activating group) is 1. The van der Waals surface area contributed by atoms with Crippen molar-refractivity contribution in [3.05, 3.63) is 35.0 Å². The van der Waals surface area contributed by atoms with Gasteiger partial charge in [0.2, 0.25) is 0 Å². The Kier molecular flexibility index (Phi) is 4.27. The maximum atomic E-state index is 5.98. The third-order valence-electron chi connectivity index (χ3n) is 3.19. The van der Waals surface area contributed by atoms with Crippen molar-refractivity contribution in [2.75, 3.05) is 14.2 Å². The van der Waals surface area contributed by atoms with E-state index in [0.29, 0.717) is 0 Å². The molecule has 3 nitrogen and oxygen atoms in total. The molecule has 1 aromatic carbocycles. The number of ether oxygens (including phenoxy) is 1. The van der Waals surface area contributed by atoms with Crippen molar-refractivity contribution < 1.29 is 9.15 Å². The first-order valence-electron chi connectivity index (χ1n) is 6.08. The second-order valence-corrected chi connectivity index (χ2v) is 4.72. The number of benzene rings is 1. The van der Waals surface area contributed by atoms with Gasteiger partial charge in [-0.05, 0) is 37.7 Å². The van der Waals surface area contributed by atoms with E-state index in [1.54, 1.807) is 7.11 Å². The van der Waals surface area contributed by atoms with Crippen LogP contribution in [0.4, 0.5) is 0 Å². The molecule has 0 fully saturated rings. The average molecular weight is 268 g/mol. The lowest BCUT2D eigenvalue weighted by atomic mass is 10.1. The molecule has 4 heteroatoms. The van der Waals surface area contributed by atoms with Gasteiger partial charge in [0.15, 0.2) is 0 Å². The summed E-state index contributed by atoms with van der Waals surface area (Å²) in [5.41, 5.74) is 0.848. The molecule has 2 unspecified atom stereocenters. The number of methoxy groups -OCH3 is 1. The highest BCUT2D eigenvalue weighted by molar-refractivity contribution is 6.31. The molecule has 0 aliphatic heterocycles. The van der Waals surface area contributed by atoms with E-state index in [0.717, 1.165) is 28.2 Å². The van der Waals surface area contributed by atoms with Gasteiger partial charge in [0.05, 0.1) is 12.1 Å². The van der Waals surface area contributed by atoms with Crippen LogP contribution in [0.5, 0.6) is 0 Å². The third-order valence-corrected chi connectivity index (χ3v) is 3.43. The highest BCUT2D eigenvalue weighted by Gasteiger charge is 2.23. The maximum Gasteiger partial charge on any atom is 0.134 e. The number of nitrogens with one attached hydrogen (secondary N) is 1. The third kappa shape index (κ3) is 2.53. The highest BCUT2D eigenvalue weighted by atomic mass is 35.5. The summed E-state index contributed by atoms with van der Waals surface area (Å²) in [6.45, 7) is 2.10. The summed E-state index contributed by atoms with van der Waals surface area (Å²) < 4.78 is 11.3. The standard InChI is InChI=1S/C14H18ClNO2/c1-4-11(17-3)14(16-2)13-8-9-7-10(15)5-6-12(9)18-13/h5-8,11,14,16H,4H2,1-3H3. The van der Waals surface area contributed by atoms with Gasteiger partial charge in [-0.1, -0.05) is 18.5 Å². The lowest BCUT2D eigenvalue weighted by molar-refractivity contribution is 0.0611. The molecule has 0 saturated heterocycles. The van der Waals surface area contributed by atoms with Gasteiger partial charge in [0.1, 0.15) is 11.3 Å². The molecule has 2 aromatic rings. The van der Waals surface area contributed by atoms with E-state index in [4.69, 9.17) is 20.8 Å². The molecule has 1 aromatic heterocycles. The summed E-state index contributed by atoms with van der Waals surface area (Å²) in [7, 11) is 3.63. The van der Waals surface area contributed by atoms with Gasteiger partial charge in [0, 0.05) is 17.5 Å². The summed E-state index contributed by atoms with van der Waals surface area (Å²) in [5, 5.41) is 4.98. The van der Waals surface area contributed by atoms with Crippen molar-refractivity contribution in [2.45, 2.75) is 25.5 Å². The largest absolute Gasteiger partial charge is 0.459 e. The van der Waals surface area contributed by atoms with Crippen LogP contribution in [0.15, 0.2) is 28.7 Å². The Hall–Kier alpha value is -1.03. The molecule has 0 bridgehead atoms. The van der Waals surface area contributed by atoms with Gasteiger partial charge >= 0.3 is 0 Å². The first-order chi connectivity index (χ1) is 8.69. The lowest BCUT2D eigenvalue weighted by Crippen LogP contribution is -2.30. The highest BCUT2D eigenvalue weighted by Crippen LogP contribution is 2.29. The van der Waals surface area contributed by atoms with Crippen molar-refractivity contribution in [3.63, 3.8) is 0 Å². The topological polar surface area (TPSA) is 34.4 Å². The monoisotopic (exact) mass is 267 g/mol. The molecule has 98 valence electrons. The fourth-order valence-corrected chi connectivity index (χ4v) is 2.42. The molecule has 1 N–H and O–H groups in total. The minimum absolute atomic E-state index is 0.0474. The van der Waals surface area contributed by atoms with Crippen molar-refractivity contribution in [1.29, 1.82) is 0 Å². The van der Waals surface area contributed by atoms with Crippen LogP contribution >= 0.6 is 11.6 Å². The van der Waals surface area contributed by atoms with Crippen LogP contribution in [0.3, 0.4) is 0 Å². The van der Waals surface area contributed by atoms with Gasteiger partial charge in [-0.15, -0.1) is 0 Å².